The van der Waals surface area contributed by atoms with E-state index in [1.165, 1.54) is 21.8 Å². The molecule has 0 bridgehead atoms. The lowest BCUT2D eigenvalue weighted by Gasteiger charge is -2.14. The van der Waals surface area contributed by atoms with Gasteiger partial charge in [-0.3, -0.25) is 9.13 Å². The maximum Gasteiger partial charge on any atom is 0.235 e. The largest absolute Gasteiger partial charge is 0.456 e. The van der Waals surface area contributed by atoms with Crippen molar-refractivity contribution < 1.29 is 4.42 Å². The van der Waals surface area contributed by atoms with Gasteiger partial charge in [-0.1, -0.05) is 140 Å². The molecule has 0 saturated carbocycles. The lowest BCUT2D eigenvalue weighted by Crippen LogP contribution is -2.02. The van der Waals surface area contributed by atoms with E-state index in [0.29, 0.717) is 5.95 Å². The molecule has 0 saturated heterocycles. The third-order valence-electron chi connectivity index (χ3n) is 14.1. The smallest absolute Gasteiger partial charge is 0.235 e. The van der Waals surface area contributed by atoms with Gasteiger partial charge in [0, 0.05) is 66.1 Å². The molecule has 15 rings (SSSR count). The Morgan fingerprint density at radius 3 is 1.71 bits per heavy atom. The monoisotopic (exact) mass is 894 g/mol. The number of hydrogen-bond acceptors (Lipinski definition) is 4. The molecule has 9 aromatic carbocycles. The van der Waals surface area contributed by atoms with Crippen LogP contribution >= 0.6 is 0 Å². The Bertz CT molecular complexity index is 4560. The summed E-state index contributed by atoms with van der Waals surface area (Å²) in [6.45, 7) is 0. The molecule has 0 aliphatic heterocycles. The molecule has 0 aliphatic rings. The fourth-order valence-corrected chi connectivity index (χ4v) is 11.0. The Balaban J connectivity index is 0.958. The minimum absolute atomic E-state index is 0.597. The molecule has 6 aromatic heterocycles. The minimum Gasteiger partial charge on any atom is -0.456 e. The number of benzene rings is 9. The van der Waals surface area contributed by atoms with Crippen molar-refractivity contribution in [2.75, 3.05) is 0 Å². The molecule has 7 nitrogen and oxygen atoms in total. The van der Waals surface area contributed by atoms with Crippen LogP contribution in [0.1, 0.15) is 0 Å². The van der Waals surface area contributed by atoms with Crippen molar-refractivity contribution in [3.8, 4) is 51.1 Å². The van der Waals surface area contributed by atoms with Crippen molar-refractivity contribution in [2.24, 2.45) is 0 Å². The summed E-state index contributed by atoms with van der Waals surface area (Å²) in [5.41, 5.74) is 15.2. The number of fused-ring (bicyclic) bond motifs is 13. The van der Waals surface area contributed by atoms with Crippen molar-refractivity contribution in [2.45, 2.75) is 0 Å². The highest BCUT2D eigenvalue weighted by Crippen LogP contribution is 2.43. The summed E-state index contributed by atoms with van der Waals surface area (Å²) < 4.78 is 13.1. The number of aromatic nitrogens is 6. The average molecular weight is 895 g/mol. The summed E-state index contributed by atoms with van der Waals surface area (Å²) >= 11 is 0. The van der Waals surface area contributed by atoms with E-state index in [2.05, 4.69) is 214 Å². The van der Waals surface area contributed by atoms with Crippen LogP contribution in [0.15, 0.2) is 235 Å². The molecule has 15 aromatic rings. The lowest BCUT2D eigenvalue weighted by molar-refractivity contribution is 0.669. The summed E-state index contributed by atoms with van der Waals surface area (Å²) in [5, 5.41) is 9.08. The first-order valence-corrected chi connectivity index (χ1v) is 23.6. The average Bonchev–Trinajstić information content (AvgIpc) is 4.17. The first-order chi connectivity index (χ1) is 34.7. The number of nitrogens with zero attached hydrogens (tertiary/aromatic N) is 6. The maximum atomic E-state index is 6.19. The van der Waals surface area contributed by atoms with Gasteiger partial charge in [-0.05, 0) is 96.1 Å². The second kappa shape index (κ2) is 15.0. The Morgan fingerprint density at radius 1 is 0.329 bits per heavy atom. The van der Waals surface area contributed by atoms with Crippen molar-refractivity contribution in [1.82, 2.24) is 28.7 Å². The molecule has 6 heterocycles. The second-order valence-corrected chi connectivity index (χ2v) is 18.0. The number of pyridine rings is 1. The molecular formula is C63H38N6O. The van der Waals surface area contributed by atoms with Gasteiger partial charge in [-0.25, -0.2) is 15.0 Å². The minimum atomic E-state index is 0.597. The number of rotatable bonds is 6. The van der Waals surface area contributed by atoms with Crippen LogP contribution in [0.25, 0.3) is 138 Å². The van der Waals surface area contributed by atoms with Crippen molar-refractivity contribution in [1.29, 1.82) is 0 Å². The highest BCUT2D eigenvalue weighted by molar-refractivity contribution is 6.26. The zero-order valence-electron chi connectivity index (χ0n) is 37.5. The molecule has 0 N–H and O–H groups in total. The molecular weight excluding hydrogens is 857 g/mol. The maximum absolute atomic E-state index is 6.19. The van der Waals surface area contributed by atoms with Crippen LogP contribution in [0.2, 0.25) is 0 Å². The Hall–Kier alpha value is -9.59. The standard InChI is InChI=1S/C63H38N6O/c1-2-15-39(16-3-1)42-37-52(40-17-14-18-43(35-40)67-53-24-9-4-19-44(53)45-20-5-10-25-54(45)67)65-60(38-42)68-56-27-12-7-23-49(56)61-57(68)31-30-48-46-21-6-11-26-55(46)69(62(48)61)63-64-34-33-51(66-63)41-29-32-59-50(36-41)47-22-8-13-28-58(47)70-59/h1-38H. The topological polar surface area (TPSA) is 66.6 Å². The fraction of sp³-hybridized carbons (Fsp3) is 0. The molecule has 0 amide bonds. The zero-order chi connectivity index (χ0) is 45.9. The normalized spacial score (nSPS) is 12.0. The van der Waals surface area contributed by atoms with E-state index in [1.54, 1.807) is 0 Å². The van der Waals surface area contributed by atoms with Crippen LogP contribution in [0.4, 0.5) is 0 Å². The van der Waals surface area contributed by atoms with Crippen molar-refractivity contribution in [3.05, 3.63) is 231 Å². The summed E-state index contributed by atoms with van der Waals surface area (Å²) in [7, 11) is 0. The summed E-state index contributed by atoms with van der Waals surface area (Å²) in [4.78, 5) is 16.0. The third kappa shape index (κ3) is 5.72. The van der Waals surface area contributed by atoms with Gasteiger partial charge in [-0.15, -0.1) is 0 Å². The lowest BCUT2D eigenvalue weighted by atomic mass is 10.0. The highest BCUT2D eigenvalue weighted by atomic mass is 16.3. The summed E-state index contributed by atoms with van der Waals surface area (Å²) in [5.74, 6) is 1.42. The van der Waals surface area contributed by atoms with E-state index in [1.807, 2.05) is 30.5 Å². The molecule has 0 fully saturated rings. The first-order valence-electron chi connectivity index (χ1n) is 23.6. The Labute approximate surface area is 400 Å². The zero-order valence-corrected chi connectivity index (χ0v) is 37.5. The third-order valence-corrected chi connectivity index (χ3v) is 14.1. The highest BCUT2D eigenvalue weighted by Gasteiger charge is 2.23. The first kappa shape index (κ1) is 38.5. The van der Waals surface area contributed by atoms with Crippen LogP contribution in [-0.4, -0.2) is 28.7 Å². The van der Waals surface area contributed by atoms with Crippen molar-refractivity contribution in [3.63, 3.8) is 0 Å². The molecule has 0 spiro atoms. The fourth-order valence-electron chi connectivity index (χ4n) is 11.0. The second-order valence-electron chi connectivity index (χ2n) is 18.0. The van der Waals surface area contributed by atoms with Gasteiger partial charge < -0.3 is 8.98 Å². The van der Waals surface area contributed by atoms with E-state index >= 15 is 0 Å². The predicted molar refractivity (Wildman–Crippen MR) is 286 cm³/mol. The summed E-state index contributed by atoms with van der Waals surface area (Å²) in [6.07, 6.45) is 1.87. The van der Waals surface area contributed by atoms with Gasteiger partial charge in [0.15, 0.2) is 0 Å². The molecule has 0 atom stereocenters. The summed E-state index contributed by atoms with van der Waals surface area (Å²) in [6, 6.07) is 79.4. The van der Waals surface area contributed by atoms with E-state index < -0.39 is 0 Å². The Kier molecular flexibility index (Phi) is 8.23. The van der Waals surface area contributed by atoms with E-state index in [9.17, 15) is 0 Å². The molecule has 0 radical (unpaired) electrons. The van der Waals surface area contributed by atoms with E-state index in [0.717, 1.165) is 111 Å². The quantitative estimate of drug-likeness (QED) is 0.167. The van der Waals surface area contributed by atoms with Gasteiger partial charge in [-0.2, -0.15) is 0 Å². The molecule has 0 aliphatic carbocycles. The number of hydrogen-bond donors (Lipinski definition) is 0. The Morgan fingerprint density at radius 2 is 0.943 bits per heavy atom. The van der Waals surface area contributed by atoms with E-state index in [-0.39, 0.29) is 0 Å². The van der Waals surface area contributed by atoms with Crippen molar-refractivity contribution >= 4 is 87.4 Å². The SMILES string of the molecule is c1ccc(-c2cc(-c3cccc(-n4c5ccccc5c5ccccc54)c3)nc(-n3c4ccccc4c4c3ccc3c5ccccc5n(-c5nccc(-c6ccc7oc8ccccc8c7c6)n5)c34)c2)cc1. The predicted octanol–water partition coefficient (Wildman–Crippen LogP) is 16.1. The molecule has 7 heteroatoms. The van der Waals surface area contributed by atoms with Crippen LogP contribution in [0, 0.1) is 0 Å². The van der Waals surface area contributed by atoms with Crippen LogP contribution in [0.5, 0.6) is 0 Å². The van der Waals surface area contributed by atoms with Gasteiger partial charge in [0.25, 0.3) is 0 Å². The number of para-hydroxylation sites is 5. The van der Waals surface area contributed by atoms with E-state index in [4.69, 9.17) is 19.4 Å². The molecule has 0 unspecified atom stereocenters. The number of furan rings is 1. The van der Waals surface area contributed by atoms with Gasteiger partial charge in [0.1, 0.15) is 17.0 Å². The van der Waals surface area contributed by atoms with Gasteiger partial charge >= 0.3 is 0 Å². The van der Waals surface area contributed by atoms with Gasteiger partial charge in [0.05, 0.1) is 44.5 Å². The van der Waals surface area contributed by atoms with Gasteiger partial charge in [0.2, 0.25) is 5.95 Å². The molecule has 70 heavy (non-hydrogen) atoms. The molecule has 326 valence electrons. The van der Waals surface area contributed by atoms with Crippen LogP contribution in [0.3, 0.4) is 0 Å². The van der Waals surface area contributed by atoms with Crippen LogP contribution < -0.4 is 0 Å². The van der Waals surface area contributed by atoms with Crippen LogP contribution in [-0.2, 0) is 0 Å².